The maximum Gasteiger partial charge on any atom is 0.255 e. The Morgan fingerprint density at radius 3 is 2.31 bits per heavy atom. The first-order valence-electron chi connectivity index (χ1n) is 9.87. The van der Waals surface area contributed by atoms with Crippen LogP contribution in [-0.4, -0.2) is 17.7 Å². The zero-order chi connectivity index (χ0) is 20.7. The summed E-state index contributed by atoms with van der Waals surface area (Å²) in [5.74, 6) is -1.04. The third-order valence-electron chi connectivity index (χ3n) is 5.98. The van der Waals surface area contributed by atoms with Crippen LogP contribution in [0, 0.1) is 25.7 Å². The topological polar surface area (TPSA) is 66.5 Å². The number of rotatable bonds is 3. The van der Waals surface area contributed by atoms with Gasteiger partial charge in [0.05, 0.1) is 17.5 Å². The molecule has 1 N–H and O–H groups in total. The molecule has 2 aliphatic rings. The molecule has 1 heterocycles. The van der Waals surface area contributed by atoms with Crippen molar-refractivity contribution < 1.29 is 14.4 Å². The SMILES string of the molecule is CC1=CC[C@H]2C(=O)N(c3ccc(C(=O)Nc4ccc(C)c(C)c4)cc3)C(=O)[C@H]2C1. The first-order valence-corrected chi connectivity index (χ1v) is 9.87. The molecule has 0 radical (unpaired) electrons. The molecule has 0 spiro atoms. The number of hydrogen-bond donors (Lipinski definition) is 1. The summed E-state index contributed by atoms with van der Waals surface area (Å²) >= 11 is 0. The van der Waals surface area contributed by atoms with Gasteiger partial charge in [-0.25, -0.2) is 0 Å². The van der Waals surface area contributed by atoms with E-state index in [4.69, 9.17) is 0 Å². The van der Waals surface area contributed by atoms with Gasteiger partial charge in [-0.2, -0.15) is 0 Å². The number of anilines is 2. The fourth-order valence-electron chi connectivity index (χ4n) is 4.08. The molecular weight excluding hydrogens is 364 g/mol. The number of nitrogens with zero attached hydrogens (tertiary/aromatic N) is 1. The monoisotopic (exact) mass is 388 g/mol. The standard InChI is InChI=1S/C24H24N2O3/c1-14-4-11-20-21(12-14)24(29)26(23(20)28)19-9-6-17(7-10-19)22(27)25-18-8-5-15(2)16(3)13-18/h4-10,13,20-21H,11-12H2,1-3H3,(H,25,27)/t20-,21+/m1/s1. The summed E-state index contributed by atoms with van der Waals surface area (Å²) in [4.78, 5) is 39.4. The average molecular weight is 388 g/mol. The van der Waals surface area contributed by atoms with E-state index >= 15 is 0 Å². The Morgan fingerprint density at radius 2 is 1.62 bits per heavy atom. The van der Waals surface area contributed by atoms with Gasteiger partial charge in [0.15, 0.2) is 0 Å². The van der Waals surface area contributed by atoms with Gasteiger partial charge in [0, 0.05) is 11.3 Å². The van der Waals surface area contributed by atoms with Crippen molar-refractivity contribution >= 4 is 29.1 Å². The third-order valence-corrected chi connectivity index (χ3v) is 5.98. The van der Waals surface area contributed by atoms with E-state index in [-0.39, 0.29) is 29.6 Å². The number of fused-ring (bicyclic) bond motifs is 1. The number of carbonyl (C=O) groups excluding carboxylic acids is 3. The van der Waals surface area contributed by atoms with Gasteiger partial charge < -0.3 is 5.32 Å². The molecule has 0 unspecified atom stereocenters. The van der Waals surface area contributed by atoms with Crippen LogP contribution in [-0.2, 0) is 9.59 Å². The van der Waals surface area contributed by atoms with E-state index in [1.807, 2.05) is 39.0 Å². The molecular formula is C24H24N2O3. The van der Waals surface area contributed by atoms with Crippen molar-refractivity contribution in [1.29, 1.82) is 0 Å². The van der Waals surface area contributed by atoms with Crippen molar-refractivity contribution in [2.24, 2.45) is 11.8 Å². The molecule has 29 heavy (non-hydrogen) atoms. The quantitative estimate of drug-likeness (QED) is 0.626. The van der Waals surface area contributed by atoms with Gasteiger partial charge >= 0.3 is 0 Å². The van der Waals surface area contributed by atoms with E-state index in [1.165, 1.54) is 10.5 Å². The number of carbonyl (C=O) groups is 3. The van der Waals surface area contributed by atoms with Crippen molar-refractivity contribution in [2.75, 3.05) is 10.2 Å². The van der Waals surface area contributed by atoms with Crippen LogP contribution in [0.2, 0.25) is 0 Å². The van der Waals surface area contributed by atoms with E-state index < -0.39 is 0 Å². The van der Waals surface area contributed by atoms with Crippen LogP contribution in [0.4, 0.5) is 11.4 Å². The second kappa shape index (κ2) is 7.32. The Labute approximate surface area is 170 Å². The van der Waals surface area contributed by atoms with Crippen LogP contribution < -0.4 is 10.2 Å². The van der Waals surface area contributed by atoms with Crippen molar-refractivity contribution in [3.05, 3.63) is 70.8 Å². The molecule has 1 aliphatic heterocycles. The Bertz CT molecular complexity index is 1040. The number of benzene rings is 2. The molecule has 148 valence electrons. The summed E-state index contributed by atoms with van der Waals surface area (Å²) in [5.41, 5.74) is 5.16. The number of aryl methyl sites for hydroxylation is 2. The summed E-state index contributed by atoms with van der Waals surface area (Å²) < 4.78 is 0. The third kappa shape index (κ3) is 3.48. The van der Waals surface area contributed by atoms with E-state index in [9.17, 15) is 14.4 Å². The minimum Gasteiger partial charge on any atom is -0.322 e. The van der Waals surface area contributed by atoms with Crippen LogP contribution in [0.3, 0.4) is 0 Å². The van der Waals surface area contributed by atoms with Crippen LogP contribution in [0.15, 0.2) is 54.1 Å². The average Bonchev–Trinajstić information content (AvgIpc) is 2.94. The van der Waals surface area contributed by atoms with Gasteiger partial charge in [0.2, 0.25) is 11.8 Å². The molecule has 2 atom stereocenters. The molecule has 1 saturated heterocycles. The zero-order valence-electron chi connectivity index (χ0n) is 16.9. The number of hydrogen-bond acceptors (Lipinski definition) is 3. The molecule has 5 heteroatoms. The fraction of sp³-hybridized carbons (Fsp3) is 0.292. The van der Waals surface area contributed by atoms with E-state index in [0.717, 1.165) is 16.8 Å². The number of allylic oxidation sites excluding steroid dienone is 2. The minimum absolute atomic E-state index is 0.139. The second-order valence-corrected chi connectivity index (χ2v) is 8.02. The smallest absolute Gasteiger partial charge is 0.255 e. The summed E-state index contributed by atoms with van der Waals surface area (Å²) in [7, 11) is 0. The number of imide groups is 1. The van der Waals surface area contributed by atoms with Crippen LogP contribution >= 0.6 is 0 Å². The zero-order valence-corrected chi connectivity index (χ0v) is 16.9. The van der Waals surface area contributed by atoms with Gasteiger partial charge in [-0.3, -0.25) is 19.3 Å². The Morgan fingerprint density at radius 1 is 0.931 bits per heavy atom. The first kappa shape index (κ1) is 19.1. The minimum atomic E-state index is -0.265. The van der Waals surface area contributed by atoms with Crippen molar-refractivity contribution in [1.82, 2.24) is 0 Å². The highest BCUT2D eigenvalue weighted by Crippen LogP contribution is 2.39. The molecule has 0 aromatic heterocycles. The van der Waals surface area contributed by atoms with Crippen molar-refractivity contribution in [2.45, 2.75) is 33.6 Å². The van der Waals surface area contributed by atoms with Gasteiger partial charge in [-0.1, -0.05) is 17.7 Å². The Hall–Kier alpha value is -3.21. The lowest BCUT2D eigenvalue weighted by Gasteiger charge is -2.18. The normalized spacial score (nSPS) is 21.1. The molecule has 5 nitrogen and oxygen atoms in total. The van der Waals surface area contributed by atoms with Crippen LogP contribution in [0.5, 0.6) is 0 Å². The van der Waals surface area contributed by atoms with Gasteiger partial charge in [-0.15, -0.1) is 0 Å². The summed E-state index contributed by atoms with van der Waals surface area (Å²) in [6.45, 7) is 6.02. The predicted octanol–water partition coefficient (Wildman–Crippen LogP) is 4.40. The molecule has 0 bridgehead atoms. The summed E-state index contributed by atoms with van der Waals surface area (Å²) in [6, 6.07) is 12.4. The first-order chi connectivity index (χ1) is 13.8. The maximum absolute atomic E-state index is 12.8. The summed E-state index contributed by atoms with van der Waals surface area (Å²) in [5, 5.41) is 2.89. The van der Waals surface area contributed by atoms with Gasteiger partial charge in [-0.05, 0) is 81.1 Å². The van der Waals surface area contributed by atoms with Gasteiger partial charge in [0.25, 0.3) is 5.91 Å². The lowest BCUT2D eigenvalue weighted by atomic mass is 9.82. The highest BCUT2D eigenvalue weighted by Gasteiger charge is 2.48. The molecule has 2 aromatic rings. The van der Waals surface area contributed by atoms with Crippen LogP contribution in [0.1, 0.15) is 41.3 Å². The predicted molar refractivity (Wildman–Crippen MR) is 113 cm³/mol. The van der Waals surface area contributed by atoms with E-state index in [0.29, 0.717) is 24.1 Å². The number of amides is 3. The molecule has 1 aliphatic carbocycles. The lowest BCUT2D eigenvalue weighted by Crippen LogP contribution is -2.30. The van der Waals surface area contributed by atoms with Gasteiger partial charge in [0.1, 0.15) is 0 Å². The van der Waals surface area contributed by atoms with Crippen LogP contribution in [0.25, 0.3) is 0 Å². The fourth-order valence-corrected chi connectivity index (χ4v) is 4.08. The molecule has 2 aromatic carbocycles. The lowest BCUT2D eigenvalue weighted by molar-refractivity contribution is -0.122. The highest BCUT2D eigenvalue weighted by atomic mass is 16.2. The van der Waals surface area contributed by atoms with E-state index in [2.05, 4.69) is 11.4 Å². The molecule has 0 saturated carbocycles. The van der Waals surface area contributed by atoms with E-state index in [1.54, 1.807) is 24.3 Å². The number of nitrogens with one attached hydrogen (secondary N) is 1. The van der Waals surface area contributed by atoms with Crippen molar-refractivity contribution in [3.8, 4) is 0 Å². The molecule has 1 fully saturated rings. The Kier molecular flexibility index (Phi) is 4.82. The van der Waals surface area contributed by atoms with Crippen molar-refractivity contribution in [3.63, 3.8) is 0 Å². The molecule has 3 amide bonds. The largest absolute Gasteiger partial charge is 0.322 e. The highest BCUT2D eigenvalue weighted by molar-refractivity contribution is 6.22. The summed E-state index contributed by atoms with van der Waals surface area (Å²) in [6.07, 6.45) is 3.31. The maximum atomic E-state index is 12.8. The second-order valence-electron chi connectivity index (χ2n) is 8.02. The Balaban J connectivity index is 1.50. The molecule has 4 rings (SSSR count).